The van der Waals surface area contributed by atoms with Gasteiger partial charge in [0.15, 0.2) is 5.65 Å². The number of hydrogen-bond acceptors (Lipinski definition) is 4. The van der Waals surface area contributed by atoms with Gasteiger partial charge in [0.25, 0.3) is 5.91 Å². The number of aryl methyl sites for hydroxylation is 2. The van der Waals surface area contributed by atoms with Crippen LogP contribution in [0.25, 0.3) is 5.65 Å². The third-order valence-corrected chi connectivity index (χ3v) is 5.26. The van der Waals surface area contributed by atoms with Gasteiger partial charge in [0.05, 0.1) is 47.4 Å². The molecule has 8 heteroatoms. The van der Waals surface area contributed by atoms with E-state index in [1.54, 1.807) is 9.42 Å². The first-order valence-electron chi connectivity index (χ1n) is 8.65. The molecule has 0 N–H and O–H groups in total. The molecule has 0 aliphatic carbocycles. The minimum Gasteiger partial charge on any atom is -0.493 e. The lowest BCUT2D eigenvalue weighted by molar-refractivity contribution is 0.0745. The van der Waals surface area contributed by atoms with E-state index in [1.165, 1.54) is 18.2 Å². The highest BCUT2D eigenvalue weighted by Gasteiger charge is 2.31. The SMILES string of the molecule is CCOc1ccc(F)cc1C(=O)N1Cc2nn3c(C)c(Cl)c(C)nc3c2C1. The predicted octanol–water partition coefficient (Wildman–Crippen LogP) is 3.69. The Morgan fingerprint density at radius 2 is 2.11 bits per heavy atom. The van der Waals surface area contributed by atoms with Gasteiger partial charge < -0.3 is 9.64 Å². The maximum absolute atomic E-state index is 13.7. The van der Waals surface area contributed by atoms with E-state index < -0.39 is 5.82 Å². The quantitative estimate of drug-likeness (QED) is 0.686. The Kier molecular flexibility index (Phi) is 4.26. The highest BCUT2D eigenvalue weighted by Crippen LogP contribution is 2.31. The molecule has 1 aliphatic heterocycles. The number of fused-ring (bicyclic) bond motifs is 3. The van der Waals surface area contributed by atoms with Crippen LogP contribution in [0.15, 0.2) is 18.2 Å². The molecule has 0 unspecified atom stereocenters. The molecule has 6 nitrogen and oxygen atoms in total. The Labute approximate surface area is 160 Å². The maximum Gasteiger partial charge on any atom is 0.258 e. The monoisotopic (exact) mass is 388 g/mol. The zero-order valence-electron chi connectivity index (χ0n) is 15.2. The van der Waals surface area contributed by atoms with Crippen LogP contribution in [0, 0.1) is 19.7 Å². The normalized spacial score (nSPS) is 13.3. The molecular weight excluding hydrogens is 371 g/mol. The molecule has 0 atom stereocenters. The summed E-state index contributed by atoms with van der Waals surface area (Å²) in [5, 5.41) is 5.15. The van der Waals surface area contributed by atoms with Gasteiger partial charge in [-0.05, 0) is 39.0 Å². The van der Waals surface area contributed by atoms with Crippen molar-refractivity contribution >= 4 is 23.2 Å². The minimum absolute atomic E-state index is 0.210. The van der Waals surface area contributed by atoms with Gasteiger partial charge in [0.1, 0.15) is 11.6 Å². The lowest BCUT2D eigenvalue weighted by Crippen LogP contribution is -2.26. The highest BCUT2D eigenvalue weighted by molar-refractivity contribution is 6.31. The molecule has 27 heavy (non-hydrogen) atoms. The summed E-state index contributed by atoms with van der Waals surface area (Å²) >= 11 is 6.26. The van der Waals surface area contributed by atoms with Crippen LogP contribution in [0.3, 0.4) is 0 Å². The van der Waals surface area contributed by atoms with Crippen molar-refractivity contribution in [2.75, 3.05) is 6.61 Å². The Morgan fingerprint density at radius 1 is 1.33 bits per heavy atom. The van der Waals surface area contributed by atoms with Crippen LogP contribution in [0.2, 0.25) is 5.02 Å². The number of amides is 1. The first kappa shape index (κ1) is 17.7. The zero-order chi connectivity index (χ0) is 19.3. The Hall–Kier alpha value is -2.67. The Bertz CT molecular complexity index is 1080. The standard InChI is InChI=1S/C19H18ClFN4O2/c1-4-27-16-6-5-12(21)7-13(16)19(26)24-8-14-15(9-24)23-25-11(3)17(20)10(2)22-18(14)25/h5-7H,4,8-9H2,1-3H3. The summed E-state index contributed by atoms with van der Waals surface area (Å²) in [6, 6.07) is 3.98. The number of carbonyl (C=O) groups is 1. The molecule has 1 amide bonds. The van der Waals surface area contributed by atoms with Crippen molar-refractivity contribution in [3.8, 4) is 5.75 Å². The molecule has 3 heterocycles. The molecule has 0 radical (unpaired) electrons. The van der Waals surface area contributed by atoms with E-state index in [0.717, 1.165) is 22.6 Å². The molecule has 4 rings (SSSR count). The van der Waals surface area contributed by atoms with Gasteiger partial charge >= 0.3 is 0 Å². The van der Waals surface area contributed by atoms with Gasteiger partial charge in [0.2, 0.25) is 0 Å². The second-order valence-corrected chi connectivity index (χ2v) is 6.87. The van der Waals surface area contributed by atoms with Gasteiger partial charge in [-0.2, -0.15) is 5.10 Å². The molecular formula is C19H18ClFN4O2. The second kappa shape index (κ2) is 6.49. The summed E-state index contributed by atoms with van der Waals surface area (Å²) in [6.45, 7) is 6.62. The van der Waals surface area contributed by atoms with Gasteiger partial charge in [-0.3, -0.25) is 4.79 Å². The first-order chi connectivity index (χ1) is 12.9. The summed E-state index contributed by atoms with van der Waals surface area (Å²) in [6.07, 6.45) is 0. The number of rotatable bonds is 3. The van der Waals surface area contributed by atoms with Crippen LogP contribution in [-0.2, 0) is 13.1 Å². The van der Waals surface area contributed by atoms with E-state index in [2.05, 4.69) is 10.1 Å². The number of ether oxygens (including phenoxy) is 1. The molecule has 2 aromatic heterocycles. The average Bonchev–Trinajstić information content (AvgIpc) is 3.20. The van der Waals surface area contributed by atoms with Gasteiger partial charge in [-0.25, -0.2) is 13.9 Å². The fourth-order valence-corrected chi connectivity index (χ4v) is 3.50. The molecule has 0 bridgehead atoms. The molecule has 0 saturated carbocycles. The van der Waals surface area contributed by atoms with Crippen molar-refractivity contribution < 1.29 is 13.9 Å². The van der Waals surface area contributed by atoms with E-state index in [9.17, 15) is 9.18 Å². The number of carbonyl (C=O) groups excluding carboxylic acids is 1. The maximum atomic E-state index is 13.7. The average molecular weight is 389 g/mol. The van der Waals surface area contributed by atoms with Crippen molar-refractivity contribution in [1.29, 1.82) is 0 Å². The number of hydrogen-bond donors (Lipinski definition) is 0. The van der Waals surface area contributed by atoms with E-state index in [0.29, 0.717) is 36.1 Å². The van der Waals surface area contributed by atoms with Gasteiger partial charge in [-0.1, -0.05) is 11.6 Å². The largest absolute Gasteiger partial charge is 0.493 e. The fourth-order valence-electron chi connectivity index (χ4n) is 3.38. The number of nitrogens with zero attached hydrogens (tertiary/aromatic N) is 4. The van der Waals surface area contributed by atoms with E-state index in [4.69, 9.17) is 16.3 Å². The third-order valence-electron chi connectivity index (χ3n) is 4.71. The van der Waals surface area contributed by atoms with Crippen molar-refractivity contribution in [3.05, 3.63) is 57.2 Å². The van der Waals surface area contributed by atoms with Crippen molar-refractivity contribution in [2.45, 2.75) is 33.9 Å². The summed E-state index contributed by atoms with van der Waals surface area (Å²) in [5.74, 6) is -0.398. The smallest absolute Gasteiger partial charge is 0.258 e. The van der Waals surface area contributed by atoms with Crippen LogP contribution >= 0.6 is 11.6 Å². The summed E-state index contributed by atoms with van der Waals surface area (Å²) in [7, 11) is 0. The molecule has 0 spiro atoms. The van der Waals surface area contributed by atoms with Crippen LogP contribution < -0.4 is 4.74 Å². The molecule has 1 aromatic carbocycles. The van der Waals surface area contributed by atoms with Crippen LogP contribution in [0.4, 0.5) is 4.39 Å². The molecule has 0 saturated heterocycles. The summed E-state index contributed by atoms with van der Waals surface area (Å²) in [4.78, 5) is 19.2. The van der Waals surface area contributed by atoms with Crippen LogP contribution in [-0.4, -0.2) is 32.0 Å². The van der Waals surface area contributed by atoms with Crippen molar-refractivity contribution in [3.63, 3.8) is 0 Å². The Balaban J connectivity index is 1.70. The van der Waals surface area contributed by atoms with E-state index >= 15 is 0 Å². The third kappa shape index (κ3) is 2.82. The summed E-state index contributed by atoms with van der Waals surface area (Å²) < 4.78 is 20.9. The van der Waals surface area contributed by atoms with E-state index in [1.807, 2.05) is 20.8 Å². The number of benzene rings is 1. The molecule has 3 aromatic rings. The zero-order valence-corrected chi connectivity index (χ0v) is 16.0. The summed E-state index contributed by atoms with van der Waals surface area (Å²) in [5.41, 5.74) is 4.11. The fraction of sp³-hybridized carbons (Fsp3) is 0.316. The predicted molar refractivity (Wildman–Crippen MR) is 98.6 cm³/mol. The lowest BCUT2D eigenvalue weighted by atomic mass is 10.1. The highest BCUT2D eigenvalue weighted by atomic mass is 35.5. The first-order valence-corrected chi connectivity index (χ1v) is 9.03. The van der Waals surface area contributed by atoms with Crippen molar-refractivity contribution in [1.82, 2.24) is 19.5 Å². The number of aromatic nitrogens is 3. The second-order valence-electron chi connectivity index (χ2n) is 6.49. The minimum atomic E-state index is -0.477. The molecule has 0 fully saturated rings. The lowest BCUT2D eigenvalue weighted by Gasteiger charge is -2.18. The van der Waals surface area contributed by atoms with Gasteiger partial charge in [-0.15, -0.1) is 0 Å². The van der Waals surface area contributed by atoms with Crippen LogP contribution in [0.5, 0.6) is 5.75 Å². The topological polar surface area (TPSA) is 59.7 Å². The van der Waals surface area contributed by atoms with Crippen LogP contribution in [0.1, 0.15) is 39.9 Å². The molecule has 140 valence electrons. The van der Waals surface area contributed by atoms with Crippen molar-refractivity contribution in [2.24, 2.45) is 0 Å². The van der Waals surface area contributed by atoms with E-state index in [-0.39, 0.29) is 11.5 Å². The number of halogens is 2. The van der Waals surface area contributed by atoms with Gasteiger partial charge in [0, 0.05) is 5.56 Å². The Morgan fingerprint density at radius 3 is 2.85 bits per heavy atom. The molecule has 1 aliphatic rings.